The molecule has 2 aromatic carbocycles. The fourth-order valence-electron chi connectivity index (χ4n) is 5.65. The zero-order valence-electron chi connectivity index (χ0n) is 24.1. The van der Waals surface area contributed by atoms with E-state index in [9.17, 15) is 14.0 Å². The van der Waals surface area contributed by atoms with Gasteiger partial charge in [-0.3, -0.25) is 4.79 Å². The lowest BCUT2D eigenvalue weighted by Gasteiger charge is -2.36. The second-order valence-electron chi connectivity index (χ2n) is 11.5. The molecule has 2 aliphatic heterocycles. The van der Waals surface area contributed by atoms with E-state index in [0.717, 1.165) is 68.7 Å². The zero-order chi connectivity index (χ0) is 28.5. The number of rotatable bonds is 13. The van der Waals surface area contributed by atoms with Crippen molar-refractivity contribution in [3.05, 3.63) is 65.5 Å². The number of likely N-dealkylation sites (tertiary alicyclic amines) is 1. The first-order chi connectivity index (χ1) is 19.3. The average Bonchev–Trinajstić information content (AvgIpc) is 3.32. The molecule has 0 aromatic heterocycles. The topological polar surface area (TPSA) is 71.1 Å². The Hall–Kier alpha value is -3.13. The van der Waals surface area contributed by atoms with Crippen LogP contribution in [0.1, 0.15) is 63.5 Å². The van der Waals surface area contributed by atoms with E-state index < -0.39 is 0 Å². The minimum atomic E-state index is -0.287. The van der Waals surface area contributed by atoms with E-state index in [1.807, 2.05) is 29.2 Å². The Kier molecular flexibility index (Phi) is 10.8. The van der Waals surface area contributed by atoms with E-state index in [0.29, 0.717) is 25.7 Å². The van der Waals surface area contributed by atoms with E-state index >= 15 is 0 Å². The van der Waals surface area contributed by atoms with Crippen molar-refractivity contribution in [3.63, 3.8) is 0 Å². The van der Waals surface area contributed by atoms with Crippen molar-refractivity contribution in [2.24, 2.45) is 11.8 Å². The average molecular weight is 554 g/mol. The Morgan fingerprint density at radius 2 is 1.77 bits per heavy atom. The normalized spacial score (nSPS) is 19.1. The number of piperidine rings is 1. The van der Waals surface area contributed by atoms with Crippen LogP contribution >= 0.6 is 0 Å². The van der Waals surface area contributed by atoms with Gasteiger partial charge in [0.15, 0.2) is 0 Å². The Bertz CT molecular complexity index is 1080. The van der Waals surface area contributed by atoms with Crippen LogP contribution in [-0.2, 0) is 16.1 Å². The molecule has 2 aromatic rings. The monoisotopic (exact) mass is 553 g/mol. The van der Waals surface area contributed by atoms with Gasteiger partial charge in [-0.25, -0.2) is 9.18 Å². The Morgan fingerprint density at radius 1 is 1.07 bits per heavy atom. The van der Waals surface area contributed by atoms with Crippen LogP contribution in [0.3, 0.4) is 0 Å². The van der Waals surface area contributed by atoms with Crippen LogP contribution in [0.15, 0.2) is 48.5 Å². The van der Waals surface area contributed by atoms with E-state index in [1.54, 1.807) is 12.1 Å². The number of amides is 2. The molecule has 218 valence electrons. The van der Waals surface area contributed by atoms with Crippen LogP contribution in [0.5, 0.6) is 5.75 Å². The van der Waals surface area contributed by atoms with Gasteiger partial charge in [0.05, 0.1) is 18.6 Å². The van der Waals surface area contributed by atoms with E-state index in [-0.39, 0.29) is 35.7 Å². The summed E-state index contributed by atoms with van der Waals surface area (Å²) in [6.07, 6.45) is 3.47. The standard InChI is InChI=1S/C32H44FN3O4/c1-4-28-22-40-32(38)36(28)17-5-16-35-18-14-26(15-19-35)30(25-8-12-29(13-9-25)39-21-23(2)3)31(37)34-20-24-6-10-27(33)11-7-24/h6-13,23,26,28,30H,4-5,14-22H2,1-3H3,(H,34,37). The molecule has 2 amide bonds. The minimum Gasteiger partial charge on any atom is -0.493 e. The van der Waals surface area contributed by atoms with Crippen LogP contribution in [0.4, 0.5) is 9.18 Å². The van der Waals surface area contributed by atoms with Crippen molar-refractivity contribution >= 4 is 12.0 Å². The molecule has 7 nitrogen and oxygen atoms in total. The molecule has 2 fully saturated rings. The van der Waals surface area contributed by atoms with Gasteiger partial charge in [0.2, 0.25) is 5.91 Å². The molecule has 0 saturated carbocycles. The second kappa shape index (κ2) is 14.5. The first-order valence-corrected chi connectivity index (χ1v) is 14.7. The molecule has 2 heterocycles. The second-order valence-corrected chi connectivity index (χ2v) is 11.5. The number of carbonyl (C=O) groups excluding carboxylic acids is 2. The van der Waals surface area contributed by atoms with Gasteiger partial charge >= 0.3 is 6.09 Å². The number of nitrogens with zero attached hydrogens (tertiary/aromatic N) is 2. The van der Waals surface area contributed by atoms with Crippen molar-refractivity contribution in [3.8, 4) is 5.75 Å². The number of hydrogen-bond donors (Lipinski definition) is 1. The molecule has 4 rings (SSSR count). The highest BCUT2D eigenvalue weighted by atomic mass is 19.1. The first-order valence-electron chi connectivity index (χ1n) is 14.7. The lowest BCUT2D eigenvalue weighted by molar-refractivity contribution is -0.124. The van der Waals surface area contributed by atoms with Crippen molar-refractivity contribution in [1.82, 2.24) is 15.1 Å². The number of halogens is 1. The quantitative estimate of drug-likeness (QED) is 0.350. The van der Waals surface area contributed by atoms with E-state index in [4.69, 9.17) is 9.47 Å². The van der Waals surface area contributed by atoms with Gasteiger partial charge in [-0.1, -0.05) is 45.0 Å². The maximum Gasteiger partial charge on any atom is 0.410 e. The first kappa shape index (κ1) is 29.8. The van der Waals surface area contributed by atoms with Gasteiger partial charge in [0.1, 0.15) is 18.2 Å². The van der Waals surface area contributed by atoms with Crippen LogP contribution in [-0.4, -0.2) is 67.2 Å². The van der Waals surface area contributed by atoms with Gasteiger partial charge in [-0.05, 0) is 92.5 Å². The number of ether oxygens (including phenoxy) is 2. The number of benzene rings is 2. The summed E-state index contributed by atoms with van der Waals surface area (Å²) in [5.41, 5.74) is 1.86. The predicted molar refractivity (Wildman–Crippen MR) is 154 cm³/mol. The molecule has 40 heavy (non-hydrogen) atoms. The summed E-state index contributed by atoms with van der Waals surface area (Å²) in [6.45, 7) is 11.3. The number of nitrogens with one attached hydrogen (secondary N) is 1. The van der Waals surface area contributed by atoms with Gasteiger partial charge in [0.25, 0.3) is 0 Å². The molecule has 1 N–H and O–H groups in total. The molecule has 0 bridgehead atoms. The Labute approximate surface area is 238 Å². The third-order valence-electron chi connectivity index (χ3n) is 8.01. The van der Waals surface area contributed by atoms with E-state index in [2.05, 4.69) is 31.0 Å². The summed E-state index contributed by atoms with van der Waals surface area (Å²) in [5, 5.41) is 3.10. The molecule has 0 spiro atoms. The fourth-order valence-corrected chi connectivity index (χ4v) is 5.65. The maximum absolute atomic E-state index is 13.6. The smallest absolute Gasteiger partial charge is 0.410 e. The predicted octanol–water partition coefficient (Wildman–Crippen LogP) is 5.59. The molecule has 0 radical (unpaired) electrons. The summed E-state index contributed by atoms with van der Waals surface area (Å²) in [7, 11) is 0. The zero-order valence-corrected chi connectivity index (χ0v) is 24.1. The third kappa shape index (κ3) is 8.19. The van der Waals surface area contributed by atoms with Gasteiger partial charge in [-0.15, -0.1) is 0 Å². The molecule has 2 saturated heterocycles. The molecule has 0 aliphatic carbocycles. The van der Waals surface area contributed by atoms with Crippen LogP contribution < -0.4 is 10.1 Å². The van der Waals surface area contributed by atoms with Crippen LogP contribution in [0, 0.1) is 17.7 Å². The molecule has 2 aliphatic rings. The van der Waals surface area contributed by atoms with Gasteiger partial charge < -0.3 is 24.6 Å². The van der Waals surface area contributed by atoms with Crippen LogP contribution in [0.2, 0.25) is 0 Å². The molecular formula is C32H44FN3O4. The lowest BCUT2D eigenvalue weighted by Crippen LogP contribution is -2.41. The highest BCUT2D eigenvalue weighted by molar-refractivity contribution is 5.84. The van der Waals surface area contributed by atoms with Crippen molar-refractivity contribution in [1.29, 1.82) is 0 Å². The summed E-state index contributed by atoms with van der Waals surface area (Å²) >= 11 is 0. The highest BCUT2D eigenvalue weighted by Gasteiger charge is 2.34. The largest absolute Gasteiger partial charge is 0.493 e. The van der Waals surface area contributed by atoms with Crippen LogP contribution in [0.25, 0.3) is 0 Å². The Balaban J connectivity index is 1.36. The van der Waals surface area contributed by atoms with Gasteiger partial charge in [-0.2, -0.15) is 0 Å². The van der Waals surface area contributed by atoms with Crippen molar-refractivity contribution in [2.45, 2.75) is 65.0 Å². The summed E-state index contributed by atoms with van der Waals surface area (Å²) in [4.78, 5) is 29.9. The highest BCUT2D eigenvalue weighted by Crippen LogP contribution is 2.34. The fraction of sp³-hybridized carbons (Fsp3) is 0.562. The Morgan fingerprint density at radius 3 is 2.42 bits per heavy atom. The summed E-state index contributed by atoms with van der Waals surface area (Å²) < 4.78 is 24.4. The third-order valence-corrected chi connectivity index (χ3v) is 8.01. The maximum atomic E-state index is 13.6. The molecule has 8 heteroatoms. The summed E-state index contributed by atoms with van der Waals surface area (Å²) in [6, 6.07) is 14.4. The molecular weight excluding hydrogens is 509 g/mol. The molecule has 2 unspecified atom stereocenters. The van der Waals surface area contributed by atoms with Crippen molar-refractivity contribution < 1.29 is 23.5 Å². The van der Waals surface area contributed by atoms with Crippen molar-refractivity contribution in [2.75, 3.05) is 39.4 Å². The summed E-state index contributed by atoms with van der Waals surface area (Å²) in [5.74, 6) is 0.898. The number of cyclic esters (lactones) is 1. The lowest BCUT2D eigenvalue weighted by atomic mass is 9.79. The van der Waals surface area contributed by atoms with Gasteiger partial charge in [0, 0.05) is 13.1 Å². The number of carbonyl (C=O) groups is 2. The molecule has 2 atom stereocenters. The van der Waals surface area contributed by atoms with E-state index in [1.165, 1.54) is 12.1 Å². The minimum absolute atomic E-state index is 0.00298. The number of hydrogen-bond acceptors (Lipinski definition) is 5. The SMILES string of the molecule is CCC1COC(=O)N1CCCN1CCC(C(C(=O)NCc2ccc(F)cc2)c2ccc(OCC(C)C)cc2)CC1.